The van der Waals surface area contributed by atoms with Crippen LogP contribution in [0.3, 0.4) is 0 Å². The van der Waals surface area contributed by atoms with E-state index in [4.69, 9.17) is 34.2 Å². The fourth-order valence-corrected chi connectivity index (χ4v) is 3.22. The highest BCUT2D eigenvalue weighted by atomic mass is 35.5. The molecule has 0 atom stereocenters. The summed E-state index contributed by atoms with van der Waals surface area (Å²) in [5.74, 6) is 0.000101. The average molecular weight is 385 g/mol. The Morgan fingerprint density at radius 2 is 1.86 bits per heavy atom. The van der Waals surface area contributed by atoms with Crippen LogP contribution >= 0.6 is 45.7 Å². The number of benzene rings is 1. The Hall–Kier alpha value is -1.21. The second kappa shape index (κ2) is 6.12. The number of nitrogen functional groups attached to an aromatic ring is 1. The molecule has 0 spiro atoms. The summed E-state index contributed by atoms with van der Waals surface area (Å²) in [6.45, 7) is 0. The van der Waals surface area contributed by atoms with Crippen molar-refractivity contribution in [2.75, 3.05) is 5.73 Å². The number of hydrogen-bond acceptors (Lipinski definition) is 5. The molecule has 2 N–H and O–H groups in total. The van der Waals surface area contributed by atoms with E-state index in [1.54, 1.807) is 6.07 Å². The van der Waals surface area contributed by atoms with Crippen LogP contribution in [0, 0.1) is 11.3 Å². The molecule has 1 aromatic carbocycles. The highest BCUT2D eigenvalue weighted by molar-refractivity contribution is 8.68. The van der Waals surface area contributed by atoms with E-state index >= 15 is 0 Å². The Kier molecular flexibility index (Phi) is 4.77. The van der Waals surface area contributed by atoms with E-state index in [2.05, 4.69) is 16.8 Å². The van der Waals surface area contributed by atoms with Gasteiger partial charge in [0.2, 0.25) is 0 Å². The summed E-state index contributed by atoms with van der Waals surface area (Å²) < 4.78 is 39.2. The molecule has 2 aromatic rings. The molecule has 0 aliphatic heterocycles. The van der Waals surface area contributed by atoms with E-state index in [9.17, 15) is 13.2 Å². The van der Waals surface area contributed by atoms with E-state index in [1.807, 2.05) is 0 Å². The number of halogens is 5. The number of hydrogen-bond donors (Lipinski definition) is 2. The Morgan fingerprint density at radius 3 is 2.23 bits per heavy atom. The van der Waals surface area contributed by atoms with Gasteiger partial charge >= 0.3 is 6.18 Å². The lowest BCUT2D eigenvalue weighted by Crippen LogP contribution is -2.08. The van der Waals surface area contributed by atoms with Gasteiger partial charge in [0.15, 0.2) is 5.69 Å². The topological polar surface area (TPSA) is 67.6 Å². The van der Waals surface area contributed by atoms with Crippen molar-refractivity contribution >= 4 is 51.5 Å². The summed E-state index contributed by atoms with van der Waals surface area (Å²) in [5.41, 5.74) is 4.75. The first-order valence-electron chi connectivity index (χ1n) is 5.37. The minimum Gasteiger partial charge on any atom is -0.383 e. The minimum atomic E-state index is -4.59. The van der Waals surface area contributed by atoms with Crippen LogP contribution < -0.4 is 5.73 Å². The molecule has 1 heterocycles. The molecule has 0 aliphatic carbocycles. The van der Waals surface area contributed by atoms with Gasteiger partial charge in [0.1, 0.15) is 17.6 Å². The van der Waals surface area contributed by atoms with E-state index in [0.717, 1.165) is 15.5 Å². The summed E-state index contributed by atoms with van der Waals surface area (Å²) in [4.78, 5) is 0.262. The highest BCUT2D eigenvalue weighted by Gasteiger charge is 2.32. The normalized spacial score (nSPS) is 11.5. The Morgan fingerprint density at radius 1 is 1.32 bits per heavy atom. The van der Waals surface area contributed by atoms with Crippen LogP contribution in [0.25, 0.3) is 5.69 Å². The molecule has 0 unspecified atom stereocenters. The van der Waals surface area contributed by atoms with E-state index in [0.29, 0.717) is 12.1 Å². The minimum absolute atomic E-state index is 0.000101. The number of rotatable bonds is 2. The third kappa shape index (κ3) is 2.96. The molecule has 0 saturated carbocycles. The summed E-state index contributed by atoms with van der Waals surface area (Å²) in [6, 6.07) is 3.23. The maximum Gasteiger partial charge on any atom is 0.416 e. The smallest absolute Gasteiger partial charge is 0.383 e. The predicted octanol–water partition coefficient (Wildman–Crippen LogP) is 4.59. The molecule has 0 bridgehead atoms. The van der Waals surface area contributed by atoms with Crippen molar-refractivity contribution in [2.24, 2.45) is 0 Å². The molecule has 11 heteroatoms. The highest BCUT2D eigenvalue weighted by Crippen LogP contribution is 2.40. The van der Waals surface area contributed by atoms with Crippen molar-refractivity contribution in [3.8, 4) is 11.8 Å². The van der Waals surface area contributed by atoms with Crippen molar-refractivity contribution in [3.05, 3.63) is 33.4 Å². The van der Waals surface area contributed by atoms with Crippen LogP contribution in [-0.4, -0.2) is 9.78 Å². The zero-order chi connectivity index (χ0) is 16.7. The van der Waals surface area contributed by atoms with Gasteiger partial charge in [-0.25, -0.2) is 4.68 Å². The fraction of sp³-hybridized carbons (Fsp3) is 0.0909. The predicted molar refractivity (Wildman–Crippen MR) is 82.6 cm³/mol. The molecular weight excluding hydrogens is 380 g/mol. The SMILES string of the molecule is N#Cc1nn(-c2c(Cl)cc(C(F)(F)F)cc2Cl)c(N)c1SS. The van der Waals surface area contributed by atoms with Gasteiger partial charge in [0, 0.05) is 0 Å². The van der Waals surface area contributed by atoms with E-state index in [1.165, 1.54) is 0 Å². The van der Waals surface area contributed by atoms with Gasteiger partial charge in [-0.2, -0.15) is 23.5 Å². The third-order valence-electron chi connectivity index (χ3n) is 2.63. The third-order valence-corrected chi connectivity index (χ3v) is 4.34. The van der Waals surface area contributed by atoms with Crippen molar-refractivity contribution in [1.82, 2.24) is 9.78 Å². The standard InChI is InChI=1S/C11H5Cl2F3N4S2/c12-5-1-4(11(14,15)16)2-6(13)8(5)20-10(18)9(22-21)7(3-17)19-20/h1-2,21H,18H2. The van der Waals surface area contributed by atoms with E-state index < -0.39 is 11.7 Å². The summed E-state index contributed by atoms with van der Waals surface area (Å²) in [5, 5.41) is 12.3. The van der Waals surface area contributed by atoms with Gasteiger partial charge in [-0.3, -0.25) is 0 Å². The van der Waals surface area contributed by atoms with Crippen LogP contribution in [0.15, 0.2) is 17.0 Å². The summed E-state index contributed by atoms with van der Waals surface area (Å²) >= 11 is 15.7. The molecule has 22 heavy (non-hydrogen) atoms. The maximum absolute atomic E-state index is 12.7. The van der Waals surface area contributed by atoms with Crippen LogP contribution in [0.4, 0.5) is 19.0 Å². The Bertz CT molecular complexity index is 760. The molecule has 1 aromatic heterocycles. The van der Waals surface area contributed by atoms with Gasteiger partial charge < -0.3 is 5.73 Å². The number of nitrogens with zero attached hydrogens (tertiary/aromatic N) is 3. The van der Waals surface area contributed by atoms with Crippen LogP contribution in [0.1, 0.15) is 11.3 Å². The first-order valence-corrected chi connectivity index (χ1v) is 7.99. The lowest BCUT2D eigenvalue weighted by molar-refractivity contribution is -0.137. The second-order valence-corrected chi connectivity index (χ2v) is 5.92. The number of nitriles is 1. The first kappa shape index (κ1) is 17.1. The van der Waals surface area contributed by atoms with Gasteiger partial charge in [-0.15, -0.1) is 11.7 Å². The largest absolute Gasteiger partial charge is 0.416 e. The number of nitrogens with two attached hydrogens (primary N) is 1. The zero-order valence-corrected chi connectivity index (χ0v) is 13.5. The number of aromatic nitrogens is 2. The van der Waals surface area contributed by atoms with Crippen molar-refractivity contribution in [1.29, 1.82) is 5.26 Å². The fourth-order valence-electron chi connectivity index (χ4n) is 1.68. The van der Waals surface area contributed by atoms with Crippen molar-refractivity contribution in [3.63, 3.8) is 0 Å². The number of thiol groups is 1. The van der Waals surface area contributed by atoms with Gasteiger partial charge in [0.05, 0.1) is 20.5 Å². The lowest BCUT2D eigenvalue weighted by atomic mass is 10.2. The number of alkyl halides is 3. The molecule has 4 nitrogen and oxygen atoms in total. The molecular formula is C11H5Cl2F3N4S2. The quantitative estimate of drug-likeness (QED) is 0.586. The lowest BCUT2D eigenvalue weighted by Gasteiger charge is -2.13. The molecule has 0 aliphatic rings. The maximum atomic E-state index is 12.7. The number of anilines is 1. The van der Waals surface area contributed by atoms with Gasteiger partial charge in [-0.05, 0) is 12.1 Å². The van der Waals surface area contributed by atoms with Crippen LogP contribution in [0.2, 0.25) is 10.0 Å². The molecule has 0 radical (unpaired) electrons. The van der Waals surface area contributed by atoms with Gasteiger partial charge in [0.25, 0.3) is 0 Å². The van der Waals surface area contributed by atoms with Crippen molar-refractivity contribution < 1.29 is 13.2 Å². The second-order valence-electron chi connectivity index (χ2n) is 3.96. The Balaban J connectivity index is 2.70. The Labute approximate surface area is 141 Å². The van der Waals surface area contributed by atoms with Crippen molar-refractivity contribution in [2.45, 2.75) is 11.1 Å². The first-order chi connectivity index (χ1) is 10.2. The summed E-state index contributed by atoms with van der Waals surface area (Å²) in [7, 11) is 0.879. The zero-order valence-electron chi connectivity index (χ0n) is 10.3. The van der Waals surface area contributed by atoms with Crippen LogP contribution in [0.5, 0.6) is 0 Å². The van der Waals surface area contributed by atoms with E-state index in [-0.39, 0.29) is 32.1 Å². The monoisotopic (exact) mass is 384 g/mol. The summed E-state index contributed by atoms with van der Waals surface area (Å²) in [6.07, 6.45) is -4.59. The molecule has 0 amide bonds. The van der Waals surface area contributed by atoms with Crippen LogP contribution in [-0.2, 0) is 6.18 Å². The molecule has 116 valence electrons. The average Bonchev–Trinajstić information content (AvgIpc) is 2.73. The molecule has 2 rings (SSSR count). The molecule has 0 saturated heterocycles. The van der Waals surface area contributed by atoms with Gasteiger partial charge in [-0.1, -0.05) is 34.0 Å². The molecule has 0 fully saturated rings.